The highest BCUT2D eigenvalue weighted by Crippen LogP contribution is 2.52. The van der Waals surface area contributed by atoms with Gasteiger partial charge in [0.2, 0.25) is 0 Å². The zero-order chi connectivity index (χ0) is 12.3. The second kappa shape index (κ2) is 5.04. The second-order valence-corrected chi connectivity index (χ2v) is 5.45. The Kier molecular flexibility index (Phi) is 3.66. The Morgan fingerprint density at radius 1 is 1.47 bits per heavy atom. The highest BCUT2D eigenvalue weighted by Gasteiger charge is 2.44. The molecule has 0 aliphatic heterocycles. The summed E-state index contributed by atoms with van der Waals surface area (Å²) < 4.78 is 4.73. The van der Waals surface area contributed by atoms with Crippen LogP contribution in [0.1, 0.15) is 25.0 Å². The maximum atomic E-state index is 11.3. The molecule has 1 fully saturated rings. The third-order valence-corrected chi connectivity index (χ3v) is 4.49. The maximum absolute atomic E-state index is 11.3. The van der Waals surface area contributed by atoms with Crippen molar-refractivity contribution in [2.24, 2.45) is 5.41 Å². The third-order valence-electron chi connectivity index (χ3n) is 3.06. The molecule has 92 valence electrons. The van der Waals surface area contributed by atoms with Gasteiger partial charge in [0.25, 0.3) is 0 Å². The van der Waals surface area contributed by atoms with E-state index in [1.807, 2.05) is 6.92 Å². The molecule has 5 heteroatoms. The zero-order valence-corrected chi connectivity index (χ0v) is 10.9. The minimum atomic E-state index is -0.112. The van der Waals surface area contributed by atoms with Crippen LogP contribution in [0.2, 0.25) is 0 Å². The minimum Gasteiger partial charge on any atom is -0.469 e. The molecule has 1 aromatic heterocycles. The SMILES string of the molecule is COC(=O)CC1(CSc2nccnc2C)CC1. The van der Waals surface area contributed by atoms with E-state index in [1.165, 1.54) is 7.11 Å². The number of hydrogen-bond acceptors (Lipinski definition) is 5. The third kappa shape index (κ3) is 3.19. The molecule has 0 atom stereocenters. The van der Waals surface area contributed by atoms with Crippen LogP contribution in [0.5, 0.6) is 0 Å². The first kappa shape index (κ1) is 12.4. The Hall–Kier alpha value is -1.10. The number of ether oxygens (including phenoxy) is 1. The van der Waals surface area contributed by atoms with E-state index < -0.39 is 0 Å². The van der Waals surface area contributed by atoms with Gasteiger partial charge in [-0.05, 0) is 25.2 Å². The molecule has 1 heterocycles. The van der Waals surface area contributed by atoms with Crippen LogP contribution in [0.25, 0.3) is 0 Å². The van der Waals surface area contributed by atoms with Crippen LogP contribution in [0.4, 0.5) is 0 Å². The summed E-state index contributed by atoms with van der Waals surface area (Å²) in [6.45, 7) is 1.95. The number of methoxy groups -OCH3 is 1. The topological polar surface area (TPSA) is 52.1 Å². The highest BCUT2D eigenvalue weighted by atomic mass is 32.2. The van der Waals surface area contributed by atoms with Crippen LogP contribution in [0.15, 0.2) is 17.4 Å². The van der Waals surface area contributed by atoms with Crippen molar-refractivity contribution < 1.29 is 9.53 Å². The molecule has 0 unspecified atom stereocenters. The van der Waals surface area contributed by atoms with Gasteiger partial charge in [0, 0.05) is 18.1 Å². The average molecular weight is 252 g/mol. The summed E-state index contributed by atoms with van der Waals surface area (Å²) in [6, 6.07) is 0. The highest BCUT2D eigenvalue weighted by molar-refractivity contribution is 7.99. The predicted octanol–water partition coefficient (Wildman–Crippen LogP) is 2.22. The van der Waals surface area contributed by atoms with Gasteiger partial charge in [-0.2, -0.15) is 0 Å². The fourth-order valence-electron chi connectivity index (χ4n) is 1.69. The van der Waals surface area contributed by atoms with Gasteiger partial charge in [-0.3, -0.25) is 9.78 Å². The standard InChI is InChI=1S/C12H16N2O2S/c1-9-11(14-6-5-13-9)17-8-12(3-4-12)7-10(15)16-2/h5-6H,3-4,7-8H2,1-2H3. The van der Waals surface area contributed by atoms with E-state index in [0.29, 0.717) is 6.42 Å². The molecule has 0 aromatic carbocycles. The van der Waals surface area contributed by atoms with Gasteiger partial charge in [0.1, 0.15) is 5.03 Å². The van der Waals surface area contributed by atoms with Gasteiger partial charge >= 0.3 is 5.97 Å². The summed E-state index contributed by atoms with van der Waals surface area (Å²) >= 11 is 1.69. The summed E-state index contributed by atoms with van der Waals surface area (Å²) in [5.74, 6) is 0.806. The summed E-state index contributed by atoms with van der Waals surface area (Å²) in [5, 5.41) is 0.962. The molecular formula is C12H16N2O2S. The molecule has 1 aromatic rings. The van der Waals surface area contributed by atoms with Crippen LogP contribution >= 0.6 is 11.8 Å². The minimum absolute atomic E-state index is 0.112. The molecule has 17 heavy (non-hydrogen) atoms. The molecule has 0 saturated heterocycles. The number of rotatable bonds is 5. The van der Waals surface area contributed by atoms with Crippen LogP contribution in [-0.4, -0.2) is 28.8 Å². The van der Waals surface area contributed by atoms with Gasteiger partial charge in [0.15, 0.2) is 0 Å². The fourth-order valence-corrected chi connectivity index (χ4v) is 2.92. The van der Waals surface area contributed by atoms with E-state index in [0.717, 1.165) is 29.3 Å². The van der Waals surface area contributed by atoms with Crippen molar-refractivity contribution in [3.8, 4) is 0 Å². The first-order valence-corrected chi connectivity index (χ1v) is 6.61. The van der Waals surface area contributed by atoms with Crippen molar-refractivity contribution in [3.05, 3.63) is 18.1 Å². The van der Waals surface area contributed by atoms with Crippen molar-refractivity contribution in [2.75, 3.05) is 12.9 Å². The van der Waals surface area contributed by atoms with E-state index in [9.17, 15) is 4.79 Å². The number of carbonyl (C=O) groups is 1. The molecule has 0 N–H and O–H groups in total. The average Bonchev–Trinajstić information content (AvgIpc) is 3.08. The monoisotopic (exact) mass is 252 g/mol. The molecule has 0 bridgehead atoms. The molecule has 1 saturated carbocycles. The molecular weight excluding hydrogens is 236 g/mol. The van der Waals surface area contributed by atoms with Gasteiger partial charge in [-0.1, -0.05) is 0 Å². The zero-order valence-electron chi connectivity index (χ0n) is 10.1. The van der Waals surface area contributed by atoms with E-state index in [2.05, 4.69) is 9.97 Å². The Morgan fingerprint density at radius 3 is 2.76 bits per heavy atom. The van der Waals surface area contributed by atoms with E-state index in [4.69, 9.17) is 4.74 Å². The van der Waals surface area contributed by atoms with E-state index in [-0.39, 0.29) is 11.4 Å². The normalized spacial score (nSPS) is 16.6. The summed E-state index contributed by atoms with van der Waals surface area (Å²) in [7, 11) is 1.44. The van der Waals surface area contributed by atoms with Gasteiger partial charge in [-0.25, -0.2) is 4.98 Å². The number of thioether (sulfide) groups is 1. The fraction of sp³-hybridized carbons (Fsp3) is 0.583. The first-order valence-electron chi connectivity index (χ1n) is 5.62. The van der Waals surface area contributed by atoms with Crippen molar-refractivity contribution in [2.45, 2.75) is 31.2 Å². The number of nitrogens with zero attached hydrogens (tertiary/aromatic N) is 2. The number of aryl methyl sites for hydroxylation is 1. The lowest BCUT2D eigenvalue weighted by Gasteiger charge is -2.12. The second-order valence-electron chi connectivity index (χ2n) is 4.49. The lowest BCUT2D eigenvalue weighted by atomic mass is 10.1. The Bertz CT molecular complexity index is 419. The first-order chi connectivity index (χ1) is 8.15. The van der Waals surface area contributed by atoms with Crippen LogP contribution in [0, 0.1) is 12.3 Å². The lowest BCUT2D eigenvalue weighted by molar-refractivity contribution is -0.141. The molecule has 2 rings (SSSR count). The number of hydrogen-bond donors (Lipinski definition) is 0. The maximum Gasteiger partial charge on any atom is 0.306 e. The van der Waals surface area contributed by atoms with E-state index >= 15 is 0 Å². The summed E-state index contributed by atoms with van der Waals surface area (Å²) in [4.78, 5) is 19.8. The van der Waals surface area contributed by atoms with Crippen LogP contribution in [0.3, 0.4) is 0 Å². The van der Waals surface area contributed by atoms with E-state index in [1.54, 1.807) is 24.2 Å². The lowest BCUT2D eigenvalue weighted by Crippen LogP contribution is -2.13. The van der Waals surface area contributed by atoms with Crippen LogP contribution < -0.4 is 0 Å². The molecule has 0 radical (unpaired) electrons. The number of aromatic nitrogens is 2. The van der Waals surface area contributed by atoms with Crippen molar-refractivity contribution in [1.82, 2.24) is 9.97 Å². The van der Waals surface area contributed by atoms with Crippen LogP contribution in [-0.2, 0) is 9.53 Å². The molecule has 4 nitrogen and oxygen atoms in total. The predicted molar refractivity (Wildman–Crippen MR) is 65.8 cm³/mol. The quantitative estimate of drug-likeness (QED) is 0.594. The summed E-state index contributed by atoms with van der Waals surface area (Å²) in [5.41, 5.74) is 1.09. The Labute approximate surface area is 105 Å². The van der Waals surface area contributed by atoms with Gasteiger partial charge < -0.3 is 4.74 Å². The van der Waals surface area contributed by atoms with Gasteiger partial charge in [-0.15, -0.1) is 11.8 Å². The van der Waals surface area contributed by atoms with Gasteiger partial charge in [0.05, 0.1) is 19.2 Å². The summed E-state index contributed by atoms with van der Waals surface area (Å²) in [6.07, 6.45) is 6.13. The number of carbonyl (C=O) groups excluding carboxylic acids is 1. The Morgan fingerprint density at radius 2 is 2.18 bits per heavy atom. The molecule has 0 spiro atoms. The number of esters is 1. The van der Waals surface area contributed by atoms with Crippen molar-refractivity contribution in [3.63, 3.8) is 0 Å². The Balaban J connectivity index is 1.90. The largest absolute Gasteiger partial charge is 0.469 e. The van der Waals surface area contributed by atoms with Crippen molar-refractivity contribution >= 4 is 17.7 Å². The van der Waals surface area contributed by atoms with Crippen molar-refractivity contribution in [1.29, 1.82) is 0 Å². The molecule has 1 aliphatic rings. The molecule has 1 aliphatic carbocycles. The molecule has 0 amide bonds. The smallest absolute Gasteiger partial charge is 0.306 e.